The van der Waals surface area contributed by atoms with Crippen LogP contribution in [-0.4, -0.2) is 13.1 Å². The van der Waals surface area contributed by atoms with Gasteiger partial charge < -0.3 is 4.90 Å². The van der Waals surface area contributed by atoms with Gasteiger partial charge in [0.2, 0.25) is 0 Å². The van der Waals surface area contributed by atoms with E-state index < -0.39 is 0 Å². The molecule has 1 aromatic rings. The highest BCUT2D eigenvalue weighted by molar-refractivity contribution is 14.1. The highest BCUT2D eigenvalue weighted by Gasteiger charge is 2.41. The van der Waals surface area contributed by atoms with Gasteiger partial charge in [0.25, 0.3) is 0 Å². The second-order valence-electron chi connectivity index (χ2n) is 5.45. The van der Waals surface area contributed by atoms with Crippen molar-refractivity contribution in [2.24, 2.45) is 5.41 Å². The highest BCUT2D eigenvalue weighted by Crippen LogP contribution is 2.43. The second kappa shape index (κ2) is 5.76. The van der Waals surface area contributed by atoms with Gasteiger partial charge in [0.1, 0.15) is 5.82 Å². The molecule has 3 heteroatoms. The number of benzene rings is 1. The van der Waals surface area contributed by atoms with E-state index in [1.807, 2.05) is 6.07 Å². The van der Waals surface area contributed by atoms with E-state index in [1.54, 1.807) is 12.1 Å². The first-order chi connectivity index (χ1) is 8.60. The summed E-state index contributed by atoms with van der Waals surface area (Å²) in [6, 6.07) is 5.10. The van der Waals surface area contributed by atoms with Crippen LogP contribution < -0.4 is 4.90 Å². The van der Waals surface area contributed by atoms with E-state index in [9.17, 15) is 4.39 Å². The molecule has 1 nitrogen and oxygen atoms in total. The van der Waals surface area contributed by atoms with Crippen molar-refractivity contribution < 1.29 is 4.39 Å². The van der Waals surface area contributed by atoms with Gasteiger partial charge >= 0.3 is 0 Å². The number of hydrogen-bond donors (Lipinski definition) is 0. The van der Waals surface area contributed by atoms with Crippen molar-refractivity contribution in [3.8, 4) is 0 Å². The molecule has 100 valence electrons. The summed E-state index contributed by atoms with van der Waals surface area (Å²) in [5.74, 6) is -0.142. The predicted octanol–water partition coefficient (Wildman–Crippen LogP) is 4.84. The van der Waals surface area contributed by atoms with Crippen molar-refractivity contribution in [3.63, 3.8) is 0 Å². The van der Waals surface area contributed by atoms with Crippen LogP contribution in [0.2, 0.25) is 0 Å². The maximum Gasteiger partial charge on any atom is 0.124 e. The molecular formula is C15H21FIN. The van der Waals surface area contributed by atoms with E-state index in [4.69, 9.17) is 0 Å². The molecule has 1 fully saturated rings. The average molecular weight is 361 g/mol. The van der Waals surface area contributed by atoms with Crippen LogP contribution in [0.5, 0.6) is 0 Å². The third kappa shape index (κ3) is 2.81. The molecule has 0 aliphatic carbocycles. The summed E-state index contributed by atoms with van der Waals surface area (Å²) in [5, 5.41) is 0. The van der Waals surface area contributed by atoms with Crippen LogP contribution in [0.15, 0.2) is 18.2 Å². The highest BCUT2D eigenvalue weighted by atomic mass is 127. The fourth-order valence-corrected chi connectivity index (χ4v) is 3.99. The van der Waals surface area contributed by atoms with Crippen molar-refractivity contribution in [2.45, 2.75) is 39.5 Å². The van der Waals surface area contributed by atoms with E-state index in [0.717, 1.165) is 16.7 Å². The van der Waals surface area contributed by atoms with Crippen LogP contribution in [-0.2, 0) is 0 Å². The van der Waals surface area contributed by atoms with Gasteiger partial charge in [-0.15, -0.1) is 0 Å². The zero-order chi connectivity index (χ0) is 13.2. The Balaban J connectivity index is 2.06. The molecule has 0 amide bonds. The lowest BCUT2D eigenvalue weighted by atomic mass is 9.72. The smallest absolute Gasteiger partial charge is 0.124 e. The first-order valence-electron chi connectivity index (χ1n) is 6.80. The molecule has 1 heterocycles. The van der Waals surface area contributed by atoms with Gasteiger partial charge in [-0.05, 0) is 53.6 Å². The molecule has 0 radical (unpaired) electrons. The van der Waals surface area contributed by atoms with Crippen molar-refractivity contribution in [3.05, 3.63) is 27.6 Å². The van der Waals surface area contributed by atoms with Crippen LogP contribution in [0.4, 0.5) is 10.1 Å². The van der Waals surface area contributed by atoms with Gasteiger partial charge in [-0.1, -0.05) is 26.7 Å². The molecule has 0 unspecified atom stereocenters. The number of anilines is 1. The standard InChI is InChI=1S/C15H21FIN/c1-3-7-15(8-4-2)10-18(11-15)14-6-5-12(16)9-13(14)17/h5-6,9H,3-4,7-8,10-11H2,1-2H3. The number of hydrogen-bond acceptors (Lipinski definition) is 1. The molecule has 1 aliphatic heterocycles. The summed E-state index contributed by atoms with van der Waals surface area (Å²) in [6.07, 6.45) is 5.15. The molecule has 0 aromatic heterocycles. The van der Waals surface area contributed by atoms with E-state index in [-0.39, 0.29) is 5.82 Å². The molecule has 1 saturated heterocycles. The molecule has 2 rings (SSSR count). The Hall–Kier alpha value is -0.320. The van der Waals surface area contributed by atoms with Crippen LogP contribution in [0.1, 0.15) is 39.5 Å². The summed E-state index contributed by atoms with van der Waals surface area (Å²) in [7, 11) is 0. The minimum Gasteiger partial charge on any atom is -0.369 e. The van der Waals surface area contributed by atoms with Gasteiger partial charge in [-0.2, -0.15) is 0 Å². The molecular weight excluding hydrogens is 340 g/mol. The fraction of sp³-hybridized carbons (Fsp3) is 0.600. The Kier molecular flexibility index (Phi) is 4.51. The molecule has 0 saturated carbocycles. The average Bonchev–Trinajstić information content (AvgIpc) is 2.26. The first kappa shape index (κ1) is 14.1. The lowest BCUT2D eigenvalue weighted by Gasteiger charge is -2.52. The van der Waals surface area contributed by atoms with E-state index in [2.05, 4.69) is 41.3 Å². The van der Waals surface area contributed by atoms with Crippen molar-refractivity contribution in [2.75, 3.05) is 18.0 Å². The number of rotatable bonds is 5. The van der Waals surface area contributed by atoms with Crippen LogP contribution in [0.3, 0.4) is 0 Å². The molecule has 0 atom stereocenters. The van der Waals surface area contributed by atoms with Crippen LogP contribution in [0.25, 0.3) is 0 Å². The third-order valence-electron chi connectivity index (χ3n) is 3.86. The first-order valence-corrected chi connectivity index (χ1v) is 7.88. The Labute approximate surface area is 123 Å². The zero-order valence-electron chi connectivity index (χ0n) is 11.2. The monoisotopic (exact) mass is 361 g/mol. The Morgan fingerprint density at radius 3 is 2.33 bits per heavy atom. The molecule has 0 spiro atoms. The van der Waals surface area contributed by atoms with Crippen molar-refractivity contribution in [1.29, 1.82) is 0 Å². The number of nitrogens with zero attached hydrogens (tertiary/aromatic N) is 1. The van der Waals surface area contributed by atoms with Gasteiger partial charge in [0.05, 0.1) is 5.69 Å². The summed E-state index contributed by atoms with van der Waals surface area (Å²) in [4.78, 5) is 2.40. The molecule has 0 bridgehead atoms. The van der Waals surface area contributed by atoms with Crippen molar-refractivity contribution >= 4 is 28.3 Å². The van der Waals surface area contributed by atoms with Gasteiger partial charge in [0, 0.05) is 22.1 Å². The van der Waals surface area contributed by atoms with E-state index in [1.165, 1.54) is 31.4 Å². The minimum absolute atomic E-state index is 0.142. The molecule has 0 N–H and O–H groups in total. The fourth-order valence-electron chi connectivity index (χ4n) is 3.17. The normalized spacial score (nSPS) is 17.7. The topological polar surface area (TPSA) is 3.24 Å². The summed E-state index contributed by atoms with van der Waals surface area (Å²) in [5.41, 5.74) is 1.71. The summed E-state index contributed by atoms with van der Waals surface area (Å²) >= 11 is 2.23. The number of halogens is 2. The van der Waals surface area contributed by atoms with E-state index in [0.29, 0.717) is 5.41 Å². The Morgan fingerprint density at radius 1 is 1.22 bits per heavy atom. The summed E-state index contributed by atoms with van der Waals surface area (Å²) in [6.45, 7) is 6.80. The maximum atomic E-state index is 13.1. The van der Waals surface area contributed by atoms with E-state index >= 15 is 0 Å². The second-order valence-corrected chi connectivity index (χ2v) is 6.61. The predicted molar refractivity (Wildman–Crippen MR) is 83.6 cm³/mol. The Morgan fingerprint density at radius 2 is 1.83 bits per heavy atom. The lowest BCUT2D eigenvalue weighted by molar-refractivity contribution is 0.173. The summed E-state index contributed by atoms with van der Waals surface area (Å²) < 4.78 is 14.1. The zero-order valence-corrected chi connectivity index (χ0v) is 13.3. The van der Waals surface area contributed by atoms with Gasteiger partial charge in [0.15, 0.2) is 0 Å². The lowest BCUT2D eigenvalue weighted by Crippen LogP contribution is -2.56. The van der Waals surface area contributed by atoms with Gasteiger partial charge in [-0.25, -0.2) is 4.39 Å². The largest absolute Gasteiger partial charge is 0.369 e. The minimum atomic E-state index is -0.142. The van der Waals surface area contributed by atoms with Crippen LogP contribution in [0, 0.1) is 14.8 Å². The third-order valence-corrected chi connectivity index (χ3v) is 4.73. The molecule has 1 aromatic carbocycles. The SMILES string of the molecule is CCCC1(CCC)CN(c2ccc(F)cc2I)C1. The quantitative estimate of drug-likeness (QED) is 0.679. The molecule has 1 aliphatic rings. The van der Waals surface area contributed by atoms with Crippen molar-refractivity contribution in [1.82, 2.24) is 0 Å². The maximum absolute atomic E-state index is 13.1. The van der Waals surface area contributed by atoms with Crippen LogP contribution >= 0.6 is 22.6 Å². The van der Waals surface area contributed by atoms with Gasteiger partial charge in [-0.3, -0.25) is 0 Å². The molecule has 18 heavy (non-hydrogen) atoms. The Bertz CT molecular complexity index is 405.